The Bertz CT molecular complexity index is 1010. The van der Waals surface area contributed by atoms with Crippen LogP contribution in [0.3, 0.4) is 0 Å². The van der Waals surface area contributed by atoms with Crippen molar-refractivity contribution >= 4 is 59.8 Å². The number of rotatable bonds is 3. The van der Waals surface area contributed by atoms with Crippen molar-refractivity contribution in [3.05, 3.63) is 47.5 Å². The van der Waals surface area contributed by atoms with Crippen molar-refractivity contribution in [1.29, 1.82) is 0 Å². The second kappa shape index (κ2) is 5.85. The molecule has 1 amide bonds. The zero-order chi connectivity index (χ0) is 16.7. The summed E-state index contributed by atoms with van der Waals surface area (Å²) in [6, 6.07) is 11.4. The number of aromatic nitrogens is 2. The van der Waals surface area contributed by atoms with Crippen molar-refractivity contribution < 1.29 is 4.79 Å². The average molecular weight is 354 g/mol. The number of carbonyl (C=O) groups excluding carboxylic acids is 1. The molecule has 24 heavy (non-hydrogen) atoms. The van der Waals surface area contributed by atoms with Crippen LogP contribution in [-0.2, 0) is 0 Å². The number of carbonyl (C=O) groups is 1. The van der Waals surface area contributed by atoms with Crippen molar-refractivity contribution in [1.82, 2.24) is 9.97 Å². The normalized spacial score (nSPS) is 11.1. The van der Waals surface area contributed by atoms with E-state index in [4.69, 9.17) is 0 Å². The molecule has 0 spiro atoms. The molecule has 4 rings (SSSR count). The van der Waals surface area contributed by atoms with Gasteiger partial charge in [-0.05, 0) is 30.3 Å². The first-order valence-electron chi connectivity index (χ1n) is 7.34. The van der Waals surface area contributed by atoms with Crippen LogP contribution in [0, 0.1) is 0 Å². The van der Waals surface area contributed by atoms with Crippen molar-refractivity contribution in [3.8, 4) is 0 Å². The quantitative estimate of drug-likeness (QED) is 0.598. The summed E-state index contributed by atoms with van der Waals surface area (Å²) in [5, 5.41) is 4.87. The third-order valence-electron chi connectivity index (χ3n) is 3.58. The summed E-state index contributed by atoms with van der Waals surface area (Å²) in [6.07, 6.45) is 1.75. The highest BCUT2D eigenvalue weighted by Crippen LogP contribution is 2.34. The molecule has 0 saturated heterocycles. The molecule has 0 saturated carbocycles. The van der Waals surface area contributed by atoms with Crippen LogP contribution in [0.25, 0.3) is 20.4 Å². The lowest BCUT2D eigenvalue weighted by Gasteiger charge is -2.07. The predicted octanol–water partition coefficient (Wildman–Crippen LogP) is 4.22. The molecule has 1 aromatic carbocycles. The van der Waals surface area contributed by atoms with Gasteiger partial charge < -0.3 is 10.2 Å². The van der Waals surface area contributed by atoms with Gasteiger partial charge in [0.05, 0.1) is 20.8 Å². The second-order valence-electron chi connectivity index (χ2n) is 5.50. The molecule has 1 N–H and O–H groups in total. The minimum absolute atomic E-state index is 0.118. The van der Waals surface area contributed by atoms with Gasteiger partial charge in [0.1, 0.15) is 4.83 Å². The molecule has 0 unspecified atom stereocenters. The van der Waals surface area contributed by atoms with Crippen LogP contribution in [0.2, 0.25) is 0 Å². The Morgan fingerprint density at radius 2 is 2.04 bits per heavy atom. The summed E-state index contributed by atoms with van der Waals surface area (Å²) in [5.74, 6) is -0.118. The molecule has 0 fully saturated rings. The number of thiazole rings is 1. The third-order valence-corrected chi connectivity index (χ3v) is 5.91. The van der Waals surface area contributed by atoms with Crippen LogP contribution < -0.4 is 10.2 Å². The number of nitrogens with zero attached hydrogens (tertiary/aromatic N) is 3. The van der Waals surface area contributed by atoms with Gasteiger partial charge in [-0.25, -0.2) is 4.98 Å². The van der Waals surface area contributed by atoms with Crippen LogP contribution in [0.4, 0.5) is 10.8 Å². The van der Waals surface area contributed by atoms with E-state index in [9.17, 15) is 4.79 Å². The first-order valence-corrected chi connectivity index (χ1v) is 8.98. The number of hydrogen-bond donors (Lipinski definition) is 1. The number of fused-ring (bicyclic) bond motifs is 2. The van der Waals surface area contributed by atoms with Gasteiger partial charge in [-0.15, -0.1) is 11.3 Å². The number of benzene rings is 1. The Morgan fingerprint density at radius 1 is 1.17 bits per heavy atom. The molecule has 0 aliphatic carbocycles. The van der Waals surface area contributed by atoms with Gasteiger partial charge in [0.25, 0.3) is 5.91 Å². The van der Waals surface area contributed by atoms with E-state index in [1.807, 2.05) is 55.4 Å². The molecule has 0 radical (unpaired) electrons. The van der Waals surface area contributed by atoms with Crippen LogP contribution >= 0.6 is 22.7 Å². The number of hydrogen-bond acceptors (Lipinski definition) is 6. The first kappa shape index (κ1) is 15.0. The molecule has 5 nitrogen and oxygen atoms in total. The summed E-state index contributed by atoms with van der Waals surface area (Å²) in [6.45, 7) is 0. The molecule has 7 heteroatoms. The minimum atomic E-state index is -0.118. The monoisotopic (exact) mass is 354 g/mol. The van der Waals surface area contributed by atoms with E-state index in [-0.39, 0.29) is 5.91 Å². The Labute approximate surface area is 146 Å². The van der Waals surface area contributed by atoms with E-state index in [1.54, 1.807) is 17.5 Å². The summed E-state index contributed by atoms with van der Waals surface area (Å²) in [5.41, 5.74) is 1.63. The highest BCUT2D eigenvalue weighted by molar-refractivity contribution is 7.29. The van der Waals surface area contributed by atoms with Crippen molar-refractivity contribution in [2.45, 2.75) is 0 Å². The van der Waals surface area contributed by atoms with Crippen molar-refractivity contribution in [3.63, 3.8) is 0 Å². The molecule has 0 atom stereocenters. The fourth-order valence-corrected chi connectivity index (χ4v) is 4.45. The Balaban J connectivity index is 1.65. The number of pyridine rings is 1. The van der Waals surface area contributed by atoms with E-state index in [1.165, 1.54) is 11.3 Å². The van der Waals surface area contributed by atoms with Crippen LogP contribution in [0.1, 0.15) is 9.67 Å². The fourth-order valence-electron chi connectivity index (χ4n) is 2.42. The van der Waals surface area contributed by atoms with Crippen LogP contribution in [0.5, 0.6) is 0 Å². The van der Waals surface area contributed by atoms with Gasteiger partial charge in [-0.3, -0.25) is 9.78 Å². The van der Waals surface area contributed by atoms with E-state index in [2.05, 4.69) is 15.3 Å². The Kier molecular flexibility index (Phi) is 3.66. The first-order chi connectivity index (χ1) is 11.6. The molecule has 4 aromatic rings. The molecule has 120 valence electrons. The number of nitrogens with one attached hydrogen (secondary N) is 1. The summed E-state index contributed by atoms with van der Waals surface area (Å²) >= 11 is 3.00. The Hall–Kier alpha value is -2.51. The average Bonchev–Trinajstić information content (AvgIpc) is 3.14. The van der Waals surface area contributed by atoms with E-state index in [0.29, 0.717) is 4.88 Å². The van der Waals surface area contributed by atoms with Gasteiger partial charge in [-0.2, -0.15) is 0 Å². The van der Waals surface area contributed by atoms with Gasteiger partial charge in [0, 0.05) is 25.7 Å². The van der Waals surface area contributed by atoms with Crippen LogP contribution in [-0.4, -0.2) is 30.0 Å². The molecule has 3 aromatic heterocycles. The minimum Gasteiger partial charge on any atom is -0.354 e. The predicted molar refractivity (Wildman–Crippen MR) is 102 cm³/mol. The number of amides is 1. The fraction of sp³-hybridized carbons (Fsp3) is 0.118. The smallest absolute Gasteiger partial charge is 0.265 e. The highest BCUT2D eigenvalue weighted by atomic mass is 32.1. The number of thiophene rings is 1. The molecule has 0 aliphatic rings. The Morgan fingerprint density at radius 3 is 2.83 bits per heavy atom. The topological polar surface area (TPSA) is 58.1 Å². The third kappa shape index (κ3) is 2.61. The van der Waals surface area contributed by atoms with E-state index >= 15 is 0 Å². The zero-order valence-electron chi connectivity index (χ0n) is 13.1. The second-order valence-corrected chi connectivity index (χ2v) is 7.54. The SMILES string of the molecule is CN(C)c1nc2sc(C(=O)Nc3cccc4ncccc34)cc2s1. The van der Waals surface area contributed by atoms with Crippen molar-refractivity contribution in [2.75, 3.05) is 24.3 Å². The van der Waals surface area contributed by atoms with Gasteiger partial charge >= 0.3 is 0 Å². The number of anilines is 2. The maximum atomic E-state index is 12.6. The molecule has 3 heterocycles. The van der Waals surface area contributed by atoms with Gasteiger partial charge in [-0.1, -0.05) is 17.4 Å². The standard InChI is InChI=1S/C17H14N4OS2/c1-21(2)17-20-16-14(24-17)9-13(23-16)15(22)19-12-7-3-6-11-10(12)5-4-8-18-11/h3-9H,1-2H3,(H,19,22). The lowest BCUT2D eigenvalue weighted by molar-refractivity contribution is 0.103. The highest BCUT2D eigenvalue weighted by Gasteiger charge is 2.15. The van der Waals surface area contributed by atoms with Crippen LogP contribution in [0.15, 0.2) is 42.6 Å². The maximum Gasteiger partial charge on any atom is 0.265 e. The molecule has 0 bridgehead atoms. The summed E-state index contributed by atoms with van der Waals surface area (Å²) in [7, 11) is 3.93. The largest absolute Gasteiger partial charge is 0.354 e. The lowest BCUT2D eigenvalue weighted by atomic mass is 10.2. The lowest BCUT2D eigenvalue weighted by Crippen LogP contribution is -2.10. The van der Waals surface area contributed by atoms with E-state index in [0.717, 1.165) is 31.3 Å². The summed E-state index contributed by atoms with van der Waals surface area (Å²) in [4.78, 5) is 25.0. The maximum absolute atomic E-state index is 12.6. The van der Waals surface area contributed by atoms with Gasteiger partial charge in [0.15, 0.2) is 5.13 Å². The molecular formula is C17H14N4OS2. The van der Waals surface area contributed by atoms with E-state index < -0.39 is 0 Å². The summed E-state index contributed by atoms with van der Waals surface area (Å²) < 4.78 is 1.04. The van der Waals surface area contributed by atoms with Crippen molar-refractivity contribution in [2.24, 2.45) is 0 Å². The van der Waals surface area contributed by atoms with Gasteiger partial charge in [0.2, 0.25) is 0 Å². The zero-order valence-corrected chi connectivity index (χ0v) is 14.7. The molecular weight excluding hydrogens is 340 g/mol. The molecule has 0 aliphatic heterocycles.